The molecule has 0 aliphatic carbocycles. The van der Waals surface area contributed by atoms with Crippen LogP contribution in [0.15, 0.2) is 24.3 Å². The Morgan fingerprint density at radius 2 is 1.85 bits per heavy atom. The highest BCUT2D eigenvalue weighted by Gasteiger charge is 2.12. The van der Waals surface area contributed by atoms with Crippen LogP contribution in [0, 0.1) is 11.2 Å². The lowest BCUT2D eigenvalue weighted by Gasteiger charge is -2.18. The van der Waals surface area contributed by atoms with E-state index >= 15 is 0 Å². The van der Waals surface area contributed by atoms with Crippen molar-refractivity contribution in [2.45, 2.75) is 20.8 Å². The highest BCUT2D eigenvalue weighted by molar-refractivity contribution is 5.23. The maximum atomic E-state index is 13.0. The molecule has 1 nitrogen and oxygen atoms in total. The van der Waals surface area contributed by atoms with Crippen LogP contribution in [0.4, 0.5) is 4.39 Å². The molecule has 0 aliphatic heterocycles. The number of ether oxygens (including phenoxy) is 1. The molecule has 0 N–H and O–H groups in total. The van der Waals surface area contributed by atoms with Gasteiger partial charge in [0.2, 0.25) is 0 Å². The van der Waals surface area contributed by atoms with E-state index in [-0.39, 0.29) is 11.2 Å². The third-order valence-electron chi connectivity index (χ3n) is 1.50. The number of rotatable bonds is 2. The Morgan fingerprint density at radius 1 is 1.23 bits per heavy atom. The predicted octanol–water partition coefficient (Wildman–Crippen LogP) is 3.25. The number of hydrogen-bond donors (Lipinski definition) is 0. The second kappa shape index (κ2) is 3.77. The minimum absolute atomic E-state index is 0.0578. The molecule has 0 unspecified atom stereocenters. The molecule has 0 spiro atoms. The highest BCUT2D eigenvalue weighted by atomic mass is 19.1. The zero-order valence-corrected chi connectivity index (χ0v) is 8.30. The van der Waals surface area contributed by atoms with Crippen molar-refractivity contribution in [1.29, 1.82) is 0 Å². The Balaban J connectivity index is 2.60. The molecule has 2 heteroatoms. The minimum atomic E-state index is -0.299. The van der Waals surface area contributed by atoms with Crippen molar-refractivity contribution in [3.63, 3.8) is 0 Å². The first kappa shape index (κ1) is 10.0. The van der Waals surface area contributed by atoms with Crippen LogP contribution < -0.4 is 4.74 Å². The average Bonchev–Trinajstić information content (AvgIpc) is 2.01. The van der Waals surface area contributed by atoms with Crippen LogP contribution in [0.3, 0.4) is 0 Å². The summed E-state index contributed by atoms with van der Waals surface area (Å²) in [4.78, 5) is 0. The van der Waals surface area contributed by atoms with Crippen LogP contribution >= 0.6 is 0 Å². The average molecular weight is 182 g/mol. The Bertz CT molecular complexity index is 276. The summed E-state index contributed by atoms with van der Waals surface area (Å²) in [6, 6.07) is 6.46. The van der Waals surface area contributed by atoms with E-state index in [0.717, 1.165) is 0 Å². The van der Waals surface area contributed by atoms with Crippen molar-refractivity contribution < 1.29 is 9.13 Å². The number of halogens is 1. The van der Waals surface area contributed by atoms with Gasteiger partial charge in [-0.1, -0.05) is 32.9 Å². The van der Waals surface area contributed by atoms with Crippen LogP contribution in [-0.2, 0) is 0 Å². The molecule has 0 saturated carbocycles. The fourth-order valence-electron chi connectivity index (χ4n) is 0.856. The van der Waals surface area contributed by atoms with E-state index < -0.39 is 0 Å². The fraction of sp³-hybridized carbons (Fsp3) is 0.455. The summed E-state index contributed by atoms with van der Waals surface area (Å²) in [6.07, 6.45) is 0. The van der Waals surface area contributed by atoms with E-state index in [9.17, 15) is 4.39 Å². The smallest absolute Gasteiger partial charge is 0.165 e. The van der Waals surface area contributed by atoms with Gasteiger partial charge < -0.3 is 4.74 Å². The molecule has 1 rings (SSSR count). The third-order valence-corrected chi connectivity index (χ3v) is 1.50. The third kappa shape index (κ3) is 3.45. The second-order valence-electron chi connectivity index (χ2n) is 4.28. The van der Waals surface area contributed by atoms with E-state index in [1.807, 2.05) is 20.8 Å². The van der Waals surface area contributed by atoms with E-state index in [1.165, 1.54) is 6.07 Å². The zero-order valence-electron chi connectivity index (χ0n) is 8.30. The van der Waals surface area contributed by atoms with Gasteiger partial charge in [-0.3, -0.25) is 0 Å². The Morgan fingerprint density at radius 3 is 2.38 bits per heavy atom. The number of benzene rings is 1. The number of para-hydroxylation sites is 1. The summed E-state index contributed by atoms with van der Waals surface area (Å²) in [5, 5.41) is 0. The summed E-state index contributed by atoms with van der Waals surface area (Å²) in [5.41, 5.74) is 0.0578. The largest absolute Gasteiger partial charge is 0.490 e. The van der Waals surface area contributed by atoms with Gasteiger partial charge in [0.15, 0.2) is 11.6 Å². The van der Waals surface area contributed by atoms with E-state index in [4.69, 9.17) is 4.74 Å². The second-order valence-corrected chi connectivity index (χ2v) is 4.28. The number of hydrogen-bond acceptors (Lipinski definition) is 1. The van der Waals surface area contributed by atoms with Crippen molar-refractivity contribution in [2.75, 3.05) is 6.61 Å². The summed E-state index contributed by atoms with van der Waals surface area (Å²) >= 11 is 0. The molecule has 1 aromatic rings. The van der Waals surface area contributed by atoms with Crippen LogP contribution in [0.5, 0.6) is 5.75 Å². The van der Waals surface area contributed by atoms with Gasteiger partial charge in [0.05, 0.1) is 6.61 Å². The molecule has 0 saturated heterocycles. The van der Waals surface area contributed by atoms with Crippen molar-refractivity contribution in [2.24, 2.45) is 5.41 Å². The van der Waals surface area contributed by atoms with E-state index in [1.54, 1.807) is 18.2 Å². The normalized spacial score (nSPS) is 11.4. The van der Waals surface area contributed by atoms with Crippen molar-refractivity contribution in [3.05, 3.63) is 30.1 Å². The van der Waals surface area contributed by atoms with Gasteiger partial charge in [-0.2, -0.15) is 0 Å². The lowest BCUT2D eigenvalue weighted by Crippen LogP contribution is -2.17. The molecule has 0 amide bonds. The van der Waals surface area contributed by atoms with Gasteiger partial charge in [0.25, 0.3) is 0 Å². The first-order chi connectivity index (χ1) is 5.99. The topological polar surface area (TPSA) is 9.23 Å². The quantitative estimate of drug-likeness (QED) is 0.682. The van der Waals surface area contributed by atoms with Gasteiger partial charge >= 0.3 is 0 Å². The molecule has 0 fully saturated rings. The Kier molecular flexibility index (Phi) is 2.91. The van der Waals surface area contributed by atoms with Gasteiger partial charge in [-0.15, -0.1) is 0 Å². The summed E-state index contributed by atoms with van der Waals surface area (Å²) < 4.78 is 18.4. The van der Waals surface area contributed by atoms with Crippen LogP contribution in [0.25, 0.3) is 0 Å². The molecule has 0 aliphatic rings. The summed E-state index contributed by atoms with van der Waals surface area (Å²) in [5.74, 6) is 0.0316. The first-order valence-electron chi connectivity index (χ1n) is 4.36. The van der Waals surface area contributed by atoms with Crippen LogP contribution in [-0.4, -0.2) is 6.61 Å². The van der Waals surface area contributed by atoms with Crippen molar-refractivity contribution in [1.82, 2.24) is 0 Å². The first-order valence-corrected chi connectivity index (χ1v) is 4.36. The molecule has 0 aromatic heterocycles. The summed E-state index contributed by atoms with van der Waals surface area (Å²) in [6.45, 7) is 6.67. The fourth-order valence-corrected chi connectivity index (χ4v) is 0.856. The van der Waals surface area contributed by atoms with Gasteiger partial charge in [-0.25, -0.2) is 4.39 Å². The molecule has 0 atom stereocenters. The molecule has 13 heavy (non-hydrogen) atoms. The van der Waals surface area contributed by atoms with E-state index in [2.05, 4.69) is 0 Å². The van der Waals surface area contributed by atoms with Gasteiger partial charge in [0, 0.05) is 0 Å². The molecule has 0 radical (unpaired) electrons. The predicted molar refractivity (Wildman–Crippen MR) is 51.4 cm³/mol. The Labute approximate surface area is 78.5 Å². The maximum Gasteiger partial charge on any atom is 0.165 e. The standard InChI is InChI=1S/C11H15FO/c1-11(2,3)8-13-10-7-5-4-6-9(10)12/h4-7H,8H2,1-3H3. The zero-order chi connectivity index (χ0) is 9.90. The van der Waals surface area contributed by atoms with Crippen LogP contribution in [0.1, 0.15) is 20.8 Å². The monoisotopic (exact) mass is 182 g/mol. The van der Waals surface area contributed by atoms with Gasteiger partial charge in [0.1, 0.15) is 0 Å². The molecule has 1 aromatic carbocycles. The lowest BCUT2D eigenvalue weighted by molar-refractivity contribution is 0.191. The van der Waals surface area contributed by atoms with Crippen molar-refractivity contribution in [3.8, 4) is 5.75 Å². The molecule has 0 bridgehead atoms. The summed E-state index contributed by atoms with van der Waals surface area (Å²) in [7, 11) is 0. The molecular weight excluding hydrogens is 167 g/mol. The van der Waals surface area contributed by atoms with E-state index in [0.29, 0.717) is 12.4 Å². The maximum absolute atomic E-state index is 13.0. The SMILES string of the molecule is CC(C)(C)COc1ccccc1F. The van der Waals surface area contributed by atoms with Gasteiger partial charge in [-0.05, 0) is 17.5 Å². The minimum Gasteiger partial charge on any atom is -0.490 e. The highest BCUT2D eigenvalue weighted by Crippen LogP contribution is 2.19. The lowest BCUT2D eigenvalue weighted by atomic mass is 9.99. The molecule has 0 heterocycles. The molecular formula is C11H15FO. The molecule has 72 valence electrons. The van der Waals surface area contributed by atoms with Crippen molar-refractivity contribution >= 4 is 0 Å². The van der Waals surface area contributed by atoms with Crippen LogP contribution in [0.2, 0.25) is 0 Å². The Hall–Kier alpha value is -1.05.